The fourth-order valence-corrected chi connectivity index (χ4v) is 1.96. The largest absolute Gasteiger partial charge is 0.486 e. The van der Waals surface area contributed by atoms with Gasteiger partial charge < -0.3 is 19.9 Å². The zero-order valence-corrected chi connectivity index (χ0v) is 11.0. The Kier molecular flexibility index (Phi) is 4.44. The van der Waals surface area contributed by atoms with Crippen molar-refractivity contribution in [2.24, 2.45) is 0 Å². The fourth-order valence-electron chi connectivity index (χ4n) is 1.96. The van der Waals surface area contributed by atoms with Gasteiger partial charge in [-0.05, 0) is 44.5 Å². The first kappa shape index (κ1) is 13.2. The van der Waals surface area contributed by atoms with Crippen molar-refractivity contribution < 1.29 is 14.6 Å². The maximum atomic E-state index is 9.22. The lowest BCUT2D eigenvalue weighted by Crippen LogP contribution is -2.23. The van der Waals surface area contributed by atoms with E-state index in [1.165, 1.54) is 5.56 Å². The summed E-state index contributed by atoms with van der Waals surface area (Å²) in [5.41, 5.74) is 1.17. The summed E-state index contributed by atoms with van der Waals surface area (Å²) in [5.74, 6) is 1.64. The Bertz CT molecular complexity index is 393. The lowest BCUT2D eigenvalue weighted by molar-refractivity contribution is 0.171. The summed E-state index contributed by atoms with van der Waals surface area (Å²) in [6.07, 6.45) is 0.500. The van der Waals surface area contributed by atoms with Crippen molar-refractivity contribution in [3.05, 3.63) is 23.8 Å². The monoisotopic (exact) mass is 251 g/mol. The topological polar surface area (TPSA) is 50.7 Å². The van der Waals surface area contributed by atoms with Crippen LogP contribution in [0.2, 0.25) is 0 Å². The summed E-state index contributed by atoms with van der Waals surface area (Å²) >= 11 is 0. The lowest BCUT2D eigenvalue weighted by Gasteiger charge is -2.21. The first-order valence-electron chi connectivity index (χ1n) is 6.48. The maximum absolute atomic E-state index is 9.22. The molecule has 4 heteroatoms. The molecule has 0 aromatic heterocycles. The van der Waals surface area contributed by atoms with Gasteiger partial charge in [-0.25, -0.2) is 0 Å². The van der Waals surface area contributed by atoms with Crippen molar-refractivity contribution in [1.29, 1.82) is 0 Å². The highest BCUT2D eigenvalue weighted by Gasteiger charge is 2.14. The number of benzene rings is 1. The van der Waals surface area contributed by atoms with Crippen molar-refractivity contribution in [2.75, 3.05) is 19.8 Å². The van der Waals surface area contributed by atoms with Crippen LogP contribution >= 0.6 is 0 Å². The number of nitrogens with one attached hydrogen (secondary N) is 1. The molecule has 0 amide bonds. The molecule has 0 saturated heterocycles. The number of ether oxygens (including phenoxy) is 2. The second-order valence-electron chi connectivity index (χ2n) is 4.72. The Morgan fingerprint density at radius 3 is 2.67 bits per heavy atom. The van der Waals surface area contributed by atoms with Crippen LogP contribution in [-0.4, -0.2) is 31.0 Å². The van der Waals surface area contributed by atoms with E-state index in [0.717, 1.165) is 24.5 Å². The van der Waals surface area contributed by atoms with Crippen LogP contribution in [0, 0.1) is 0 Å². The van der Waals surface area contributed by atoms with E-state index in [9.17, 15) is 5.11 Å². The highest BCUT2D eigenvalue weighted by atomic mass is 16.6. The van der Waals surface area contributed by atoms with Gasteiger partial charge in [0.2, 0.25) is 0 Å². The molecule has 1 aromatic carbocycles. The smallest absolute Gasteiger partial charge is 0.161 e. The highest BCUT2D eigenvalue weighted by molar-refractivity contribution is 5.44. The van der Waals surface area contributed by atoms with E-state index in [-0.39, 0.29) is 12.1 Å². The number of fused-ring (bicyclic) bond motifs is 1. The average molecular weight is 251 g/mol. The molecule has 18 heavy (non-hydrogen) atoms. The van der Waals surface area contributed by atoms with Gasteiger partial charge in [0.15, 0.2) is 11.5 Å². The van der Waals surface area contributed by atoms with Crippen molar-refractivity contribution in [3.63, 3.8) is 0 Å². The van der Waals surface area contributed by atoms with E-state index < -0.39 is 0 Å². The standard InChI is InChI=1S/C14H21NO3/c1-10(16)5-6-15-11(2)12-3-4-13-14(9-12)18-8-7-17-13/h3-4,9-11,15-16H,5-8H2,1-2H3. The minimum absolute atomic E-state index is 0.236. The number of rotatable bonds is 5. The number of aliphatic hydroxyl groups excluding tert-OH is 1. The first-order chi connectivity index (χ1) is 8.66. The van der Waals surface area contributed by atoms with E-state index in [1.807, 2.05) is 18.2 Å². The van der Waals surface area contributed by atoms with Gasteiger partial charge in [-0.1, -0.05) is 6.07 Å². The quantitative estimate of drug-likeness (QED) is 0.839. The highest BCUT2D eigenvalue weighted by Crippen LogP contribution is 2.32. The molecule has 2 rings (SSSR count). The molecule has 2 N–H and O–H groups in total. The Balaban J connectivity index is 1.95. The third-order valence-corrected chi connectivity index (χ3v) is 3.08. The van der Waals surface area contributed by atoms with E-state index in [4.69, 9.17) is 9.47 Å². The van der Waals surface area contributed by atoms with Gasteiger partial charge in [-0.3, -0.25) is 0 Å². The molecule has 1 heterocycles. The third kappa shape index (κ3) is 3.37. The third-order valence-electron chi connectivity index (χ3n) is 3.08. The van der Waals surface area contributed by atoms with Gasteiger partial charge in [0.1, 0.15) is 13.2 Å². The molecule has 0 saturated carbocycles. The summed E-state index contributed by atoms with van der Waals surface area (Å²) < 4.78 is 11.1. The average Bonchev–Trinajstić information content (AvgIpc) is 2.37. The van der Waals surface area contributed by atoms with Crippen LogP contribution in [0.25, 0.3) is 0 Å². The summed E-state index contributed by atoms with van der Waals surface area (Å²) in [6, 6.07) is 6.26. The molecule has 1 aromatic rings. The van der Waals surface area contributed by atoms with E-state index in [1.54, 1.807) is 6.92 Å². The van der Waals surface area contributed by atoms with Crippen LogP contribution in [0.5, 0.6) is 11.5 Å². The molecule has 0 aliphatic carbocycles. The minimum Gasteiger partial charge on any atom is -0.486 e. The van der Waals surface area contributed by atoms with Crippen LogP contribution in [0.3, 0.4) is 0 Å². The lowest BCUT2D eigenvalue weighted by atomic mass is 10.1. The number of aliphatic hydroxyl groups is 1. The Labute approximate surface area is 108 Å². The predicted octanol–water partition coefficient (Wildman–Crippen LogP) is 1.88. The number of hydrogen-bond acceptors (Lipinski definition) is 4. The molecule has 2 atom stereocenters. The molecule has 0 radical (unpaired) electrons. The van der Waals surface area contributed by atoms with Gasteiger partial charge in [0.05, 0.1) is 6.10 Å². The number of hydrogen-bond donors (Lipinski definition) is 2. The van der Waals surface area contributed by atoms with Gasteiger partial charge in [-0.15, -0.1) is 0 Å². The summed E-state index contributed by atoms with van der Waals surface area (Å²) in [7, 11) is 0. The minimum atomic E-state index is -0.259. The maximum Gasteiger partial charge on any atom is 0.161 e. The van der Waals surface area contributed by atoms with Gasteiger partial charge in [0, 0.05) is 6.04 Å². The predicted molar refractivity (Wildman–Crippen MR) is 70.1 cm³/mol. The molecule has 1 aliphatic rings. The van der Waals surface area contributed by atoms with Crippen LogP contribution in [0.15, 0.2) is 18.2 Å². The molecule has 0 bridgehead atoms. The van der Waals surface area contributed by atoms with Crippen LogP contribution in [0.1, 0.15) is 31.9 Å². The Morgan fingerprint density at radius 1 is 1.22 bits per heavy atom. The van der Waals surface area contributed by atoms with Crippen LogP contribution < -0.4 is 14.8 Å². The van der Waals surface area contributed by atoms with Crippen molar-refractivity contribution in [1.82, 2.24) is 5.32 Å². The second kappa shape index (κ2) is 6.07. The molecule has 2 unspecified atom stereocenters. The Morgan fingerprint density at radius 2 is 1.94 bits per heavy atom. The van der Waals surface area contributed by atoms with Crippen LogP contribution in [0.4, 0.5) is 0 Å². The molecule has 0 spiro atoms. The molecule has 100 valence electrons. The van der Waals surface area contributed by atoms with Gasteiger partial charge in [0.25, 0.3) is 0 Å². The summed E-state index contributed by atoms with van der Waals surface area (Å²) in [6.45, 7) is 5.94. The van der Waals surface area contributed by atoms with E-state index >= 15 is 0 Å². The molecule has 0 fully saturated rings. The summed E-state index contributed by atoms with van der Waals surface area (Å²) in [4.78, 5) is 0. The van der Waals surface area contributed by atoms with Gasteiger partial charge >= 0.3 is 0 Å². The van der Waals surface area contributed by atoms with Crippen molar-refractivity contribution >= 4 is 0 Å². The normalized spacial score (nSPS) is 17.3. The van der Waals surface area contributed by atoms with E-state index in [0.29, 0.717) is 13.2 Å². The van der Waals surface area contributed by atoms with Crippen LogP contribution in [-0.2, 0) is 0 Å². The van der Waals surface area contributed by atoms with Crippen molar-refractivity contribution in [2.45, 2.75) is 32.4 Å². The molecule has 1 aliphatic heterocycles. The fraction of sp³-hybridized carbons (Fsp3) is 0.571. The molecular weight excluding hydrogens is 230 g/mol. The van der Waals surface area contributed by atoms with Gasteiger partial charge in [-0.2, -0.15) is 0 Å². The zero-order valence-electron chi connectivity index (χ0n) is 11.0. The molecule has 4 nitrogen and oxygen atoms in total. The van der Waals surface area contributed by atoms with E-state index in [2.05, 4.69) is 12.2 Å². The Hall–Kier alpha value is -1.26. The zero-order chi connectivity index (χ0) is 13.0. The summed E-state index contributed by atoms with van der Waals surface area (Å²) in [5, 5.41) is 12.6. The molecular formula is C14H21NO3. The SMILES string of the molecule is CC(O)CCNC(C)c1ccc2c(c1)OCCO2. The first-order valence-corrected chi connectivity index (χ1v) is 6.48. The second-order valence-corrected chi connectivity index (χ2v) is 4.72. The van der Waals surface area contributed by atoms with Crippen molar-refractivity contribution in [3.8, 4) is 11.5 Å².